The van der Waals surface area contributed by atoms with E-state index < -0.39 is 0 Å². The van der Waals surface area contributed by atoms with E-state index in [4.69, 9.17) is 4.74 Å². The fourth-order valence-corrected chi connectivity index (χ4v) is 2.43. The van der Waals surface area contributed by atoms with Crippen LogP contribution >= 0.6 is 15.9 Å². The Kier molecular flexibility index (Phi) is 3.69. The molecule has 1 saturated heterocycles. The summed E-state index contributed by atoms with van der Waals surface area (Å²) in [6, 6.07) is 5.63. The Morgan fingerprint density at radius 3 is 2.88 bits per heavy atom. The first-order valence-electron chi connectivity index (χ1n) is 5.49. The Bertz CT molecular complexity index is 437. The number of hydrogen-bond donors (Lipinski definition) is 1. The molecule has 2 rings (SSSR count). The average molecular weight is 299 g/mol. The molecule has 92 valence electrons. The maximum absolute atomic E-state index is 12.0. The maximum Gasteiger partial charge on any atom is 0.244 e. The molecule has 1 N–H and O–H groups in total. The maximum atomic E-state index is 12.0. The average Bonchev–Trinajstić information content (AvgIpc) is 2.71. The third kappa shape index (κ3) is 2.30. The number of likely N-dealkylation sites (N-methyl/N-ethyl adjacent to an activating group) is 1. The summed E-state index contributed by atoms with van der Waals surface area (Å²) in [5.74, 6) is 0.861. The molecule has 0 bridgehead atoms. The molecule has 17 heavy (non-hydrogen) atoms. The van der Waals surface area contributed by atoms with Crippen LogP contribution in [0.1, 0.15) is 6.42 Å². The van der Waals surface area contributed by atoms with Gasteiger partial charge in [0.25, 0.3) is 0 Å². The molecule has 0 aliphatic carbocycles. The molecule has 0 aromatic heterocycles. The van der Waals surface area contributed by atoms with Crippen molar-refractivity contribution in [2.45, 2.75) is 12.5 Å². The molecule has 0 radical (unpaired) electrons. The van der Waals surface area contributed by atoms with Crippen LogP contribution in [-0.2, 0) is 4.79 Å². The van der Waals surface area contributed by atoms with Gasteiger partial charge in [-0.25, -0.2) is 0 Å². The molecule has 1 aliphatic rings. The second-order valence-corrected chi connectivity index (χ2v) is 4.79. The normalized spacial score (nSPS) is 19.8. The number of benzene rings is 1. The number of nitrogens with zero attached hydrogens (tertiary/aromatic N) is 1. The molecule has 5 heteroatoms. The second kappa shape index (κ2) is 5.06. The highest BCUT2D eigenvalue weighted by Gasteiger charge is 2.31. The summed E-state index contributed by atoms with van der Waals surface area (Å²) < 4.78 is 6.12. The summed E-state index contributed by atoms with van der Waals surface area (Å²) >= 11 is 3.40. The lowest BCUT2D eigenvalue weighted by Gasteiger charge is -2.18. The number of amides is 1. The van der Waals surface area contributed by atoms with E-state index in [1.807, 2.05) is 25.2 Å². The number of carbonyl (C=O) groups excluding carboxylic acids is 1. The van der Waals surface area contributed by atoms with Crippen LogP contribution in [0.2, 0.25) is 0 Å². The molecule has 4 nitrogen and oxygen atoms in total. The Balaban J connectivity index is 2.26. The predicted molar refractivity (Wildman–Crippen MR) is 70.5 cm³/mol. The van der Waals surface area contributed by atoms with Gasteiger partial charge in [0, 0.05) is 18.3 Å². The number of carbonyl (C=O) groups is 1. The first-order chi connectivity index (χ1) is 8.17. The van der Waals surface area contributed by atoms with Crippen molar-refractivity contribution in [3.63, 3.8) is 0 Å². The molecule has 1 heterocycles. The molecule has 1 aliphatic heterocycles. The lowest BCUT2D eigenvalue weighted by molar-refractivity contribution is -0.118. The zero-order chi connectivity index (χ0) is 12.4. The van der Waals surface area contributed by atoms with Crippen LogP contribution in [0.3, 0.4) is 0 Å². The summed E-state index contributed by atoms with van der Waals surface area (Å²) in [4.78, 5) is 13.8. The monoisotopic (exact) mass is 298 g/mol. The van der Waals surface area contributed by atoms with Crippen molar-refractivity contribution in [3.05, 3.63) is 22.7 Å². The van der Waals surface area contributed by atoms with Crippen LogP contribution in [0.25, 0.3) is 0 Å². The number of rotatable bonds is 3. The standard InChI is InChI=1S/C12H15BrN2O2/c1-14-10-5-6-15(12(10)16)8-3-4-9(13)11(7-8)17-2/h3-4,7,10,14H,5-6H2,1-2H3. The molecule has 0 saturated carbocycles. The molecular weight excluding hydrogens is 284 g/mol. The number of anilines is 1. The SMILES string of the molecule is CNC1CCN(c2ccc(Br)c(OC)c2)C1=O. The summed E-state index contributed by atoms with van der Waals surface area (Å²) in [6.45, 7) is 0.745. The fourth-order valence-electron chi connectivity index (χ4n) is 2.02. The quantitative estimate of drug-likeness (QED) is 0.925. The smallest absolute Gasteiger partial charge is 0.244 e. The van der Waals surface area contributed by atoms with E-state index >= 15 is 0 Å². The minimum atomic E-state index is -0.0651. The van der Waals surface area contributed by atoms with Gasteiger partial charge in [0.15, 0.2) is 0 Å². The Morgan fingerprint density at radius 1 is 1.53 bits per heavy atom. The molecule has 1 amide bonds. The van der Waals surface area contributed by atoms with Crippen LogP contribution in [-0.4, -0.2) is 32.7 Å². The van der Waals surface area contributed by atoms with E-state index in [1.54, 1.807) is 12.0 Å². The third-order valence-electron chi connectivity index (χ3n) is 3.00. The first-order valence-corrected chi connectivity index (χ1v) is 6.29. The highest BCUT2D eigenvalue weighted by Crippen LogP contribution is 2.31. The summed E-state index contributed by atoms with van der Waals surface area (Å²) in [7, 11) is 3.43. The number of methoxy groups -OCH3 is 1. The van der Waals surface area contributed by atoms with E-state index in [9.17, 15) is 4.79 Å². The Labute approximate surface area is 109 Å². The molecule has 1 unspecified atom stereocenters. The molecule has 1 aromatic rings. The molecule has 0 spiro atoms. The van der Waals surface area contributed by atoms with Crippen molar-refractivity contribution in [3.8, 4) is 5.75 Å². The Morgan fingerprint density at radius 2 is 2.29 bits per heavy atom. The summed E-state index contributed by atoms with van der Waals surface area (Å²) in [5.41, 5.74) is 0.882. The second-order valence-electron chi connectivity index (χ2n) is 3.94. The molecule has 1 atom stereocenters. The van der Waals surface area contributed by atoms with Crippen LogP contribution in [0.4, 0.5) is 5.69 Å². The van der Waals surface area contributed by atoms with Gasteiger partial charge in [-0.05, 0) is 41.5 Å². The van der Waals surface area contributed by atoms with Crippen molar-refractivity contribution >= 4 is 27.5 Å². The van der Waals surface area contributed by atoms with Gasteiger partial charge in [-0.2, -0.15) is 0 Å². The molecule has 1 fully saturated rings. The van der Waals surface area contributed by atoms with E-state index in [2.05, 4.69) is 21.2 Å². The van der Waals surface area contributed by atoms with Crippen LogP contribution in [0.15, 0.2) is 22.7 Å². The van der Waals surface area contributed by atoms with E-state index in [-0.39, 0.29) is 11.9 Å². The van der Waals surface area contributed by atoms with Crippen molar-refractivity contribution in [1.29, 1.82) is 0 Å². The highest BCUT2D eigenvalue weighted by molar-refractivity contribution is 9.10. The lowest BCUT2D eigenvalue weighted by Crippen LogP contribution is -2.36. The van der Waals surface area contributed by atoms with Crippen molar-refractivity contribution < 1.29 is 9.53 Å². The zero-order valence-electron chi connectivity index (χ0n) is 9.87. The lowest BCUT2D eigenvalue weighted by atomic mass is 10.2. The van der Waals surface area contributed by atoms with Crippen LogP contribution in [0, 0.1) is 0 Å². The summed E-state index contributed by atoms with van der Waals surface area (Å²) in [6.07, 6.45) is 0.841. The van der Waals surface area contributed by atoms with Gasteiger partial charge in [0.05, 0.1) is 17.6 Å². The van der Waals surface area contributed by atoms with Crippen molar-refractivity contribution in [1.82, 2.24) is 5.32 Å². The minimum absolute atomic E-state index is 0.0651. The highest BCUT2D eigenvalue weighted by atomic mass is 79.9. The zero-order valence-corrected chi connectivity index (χ0v) is 11.5. The van der Waals surface area contributed by atoms with Gasteiger partial charge in [-0.3, -0.25) is 4.79 Å². The number of ether oxygens (including phenoxy) is 1. The van der Waals surface area contributed by atoms with Crippen molar-refractivity contribution in [2.75, 3.05) is 25.6 Å². The van der Waals surface area contributed by atoms with E-state index in [0.717, 1.165) is 28.9 Å². The number of halogens is 1. The number of hydrogen-bond acceptors (Lipinski definition) is 3. The van der Waals surface area contributed by atoms with E-state index in [0.29, 0.717) is 0 Å². The van der Waals surface area contributed by atoms with Crippen molar-refractivity contribution in [2.24, 2.45) is 0 Å². The van der Waals surface area contributed by atoms with Gasteiger partial charge in [0.1, 0.15) is 5.75 Å². The number of nitrogens with one attached hydrogen (secondary N) is 1. The fraction of sp³-hybridized carbons (Fsp3) is 0.417. The molecule has 1 aromatic carbocycles. The van der Waals surface area contributed by atoms with Gasteiger partial charge in [-0.1, -0.05) is 0 Å². The minimum Gasteiger partial charge on any atom is -0.495 e. The van der Waals surface area contributed by atoms with Gasteiger partial charge >= 0.3 is 0 Å². The van der Waals surface area contributed by atoms with Crippen LogP contribution in [0.5, 0.6) is 5.75 Å². The summed E-state index contributed by atoms with van der Waals surface area (Å²) in [5, 5.41) is 3.02. The van der Waals surface area contributed by atoms with Gasteiger partial charge < -0.3 is 15.0 Å². The predicted octanol–water partition coefficient (Wildman–Crippen LogP) is 1.78. The topological polar surface area (TPSA) is 41.6 Å². The largest absolute Gasteiger partial charge is 0.495 e. The molecular formula is C12H15BrN2O2. The van der Waals surface area contributed by atoms with Gasteiger partial charge in [-0.15, -0.1) is 0 Å². The third-order valence-corrected chi connectivity index (χ3v) is 3.66. The first kappa shape index (κ1) is 12.4. The van der Waals surface area contributed by atoms with E-state index in [1.165, 1.54) is 0 Å². The van der Waals surface area contributed by atoms with Gasteiger partial charge in [0.2, 0.25) is 5.91 Å². The van der Waals surface area contributed by atoms with Crippen LogP contribution < -0.4 is 15.0 Å². The Hall–Kier alpha value is -1.07.